The first-order valence-electron chi connectivity index (χ1n) is 4.91. The summed E-state index contributed by atoms with van der Waals surface area (Å²) in [7, 11) is 0. The Balaban J connectivity index is 2.55. The molecule has 0 heterocycles. The zero-order chi connectivity index (χ0) is 12.0. The number of nitrogens with one attached hydrogen (secondary N) is 1. The normalized spacial score (nSPS) is 10.2. The van der Waals surface area contributed by atoms with Crippen LogP contribution in [-0.2, 0) is 0 Å². The second-order valence-corrected chi connectivity index (χ2v) is 5.18. The third-order valence-corrected chi connectivity index (χ3v) is 3.31. The summed E-state index contributed by atoms with van der Waals surface area (Å²) in [6, 6.07) is 5.12. The molecule has 1 amide bonds. The molecule has 0 fully saturated rings. The number of carbonyl (C=O) groups is 1. The summed E-state index contributed by atoms with van der Waals surface area (Å²) in [4.78, 5) is 12.5. The van der Waals surface area contributed by atoms with Crippen LogP contribution in [0.15, 0.2) is 23.1 Å². The van der Waals surface area contributed by atoms with Crippen molar-refractivity contribution < 1.29 is 4.79 Å². The van der Waals surface area contributed by atoms with Crippen molar-refractivity contribution in [3.05, 3.63) is 28.8 Å². The van der Waals surface area contributed by atoms with E-state index < -0.39 is 0 Å². The van der Waals surface area contributed by atoms with Gasteiger partial charge in [-0.05, 0) is 36.6 Å². The van der Waals surface area contributed by atoms with Crippen LogP contribution in [0.5, 0.6) is 0 Å². The van der Waals surface area contributed by atoms with Crippen LogP contribution in [0.4, 0.5) is 0 Å². The minimum absolute atomic E-state index is 0.137. The number of amides is 1. The molecule has 2 nitrogen and oxygen atoms in total. The molecule has 0 spiro atoms. The van der Waals surface area contributed by atoms with Gasteiger partial charge in [-0.1, -0.05) is 11.6 Å². The van der Waals surface area contributed by atoms with Crippen molar-refractivity contribution in [3.63, 3.8) is 0 Å². The SMILES string of the molecule is CSCCCNC(=O)c1cc(S)ccc1Cl. The third-order valence-electron chi connectivity index (χ3n) is 2.01. The van der Waals surface area contributed by atoms with Gasteiger partial charge in [-0.3, -0.25) is 4.79 Å². The standard InChI is InChI=1S/C11H14ClNOS2/c1-16-6-2-5-13-11(14)9-7-8(15)3-4-10(9)12/h3-4,7,15H,2,5-6H2,1H3,(H,13,14). The van der Waals surface area contributed by atoms with Crippen molar-refractivity contribution in [3.8, 4) is 0 Å². The molecule has 88 valence electrons. The Morgan fingerprint density at radius 3 is 3.00 bits per heavy atom. The molecule has 0 unspecified atom stereocenters. The Morgan fingerprint density at radius 2 is 2.31 bits per heavy atom. The Labute approximate surface area is 111 Å². The van der Waals surface area contributed by atoms with Gasteiger partial charge in [0.25, 0.3) is 5.91 Å². The summed E-state index contributed by atoms with van der Waals surface area (Å²) in [5.74, 6) is 0.905. The highest BCUT2D eigenvalue weighted by Gasteiger charge is 2.09. The highest BCUT2D eigenvalue weighted by atomic mass is 35.5. The van der Waals surface area contributed by atoms with E-state index in [2.05, 4.69) is 17.9 Å². The summed E-state index contributed by atoms with van der Waals surface area (Å²) in [5, 5.41) is 3.29. The van der Waals surface area contributed by atoms with Crippen LogP contribution in [0, 0.1) is 0 Å². The predicted octanol–water partition coefficient (Wildman–Crippen LogP) is 3.11. The maximum atomic E-state index is 11.7. The zero-order valence-corrected chi connectivity index (χ0v) is 11.5. The average Bonchev–Trinajstić information content (AvgIpc) is 2.27. The fourth-order valence-electron chi connectivity index (χ4n) is 1.20. The summed E-state index contributed by atoms with van der Waals surface area (Å²) in [6.07, 6.45) is 3.01. The van der Waals surface area contributed by atoms with Crippen molar-refractivity contribution in [2.45, 2.75) is 11.3 Å². The van der Waals surface area contributed by atoms with E-state index in [1.807, 2.05) is 6.26 Å². The maximum Gasteiger partial charge on any atom is 0.252 e. The van der Waals surface area contributed by atoms with E-state index in [1.54, 1.807) is 30.0 Å². The van der Waals surface area contributed by atoms with Gasteiger partial charge in [-0.2, -0.15) is 11.8 Å². The minimum atomic E-state index is -0.137. The average molecular weight is 276 g/mol. The molecule has 1 aromatic carbocycles. The van der Waals surface area contributed by atoms with Crippen molar-refractivity contribution in [1.29, 1.82) is 0 Å². The lowest BCUT2D eigenvalue weighted by Crippen LogP contribution is -2.25. The maximum absolute atomic E-state index is 11.7. The van der Waals surface area contributed by atoms with Crippen LogP contribution in [-0.4, -0.2) is 24.5 Å². The first-order chi connectivity index (χ1) is 7.65. The number of hydrogen-bond acceptors (Lipinski definition) is 3. The second-order valence-electron chi connectivity index (χ2n) is 3.27. The van der Waals surface area contributed by atoms with Crippen LogP contribution in [0.1, 0.15) is 16.8 Å². The smallest absolute Gasteiger partial charge is 0.252 e. The monoisotopic (exact) mass is 275 g/mol. The molecular formula is C11H14ClNOS2. The van der Waals surface area contributed by atoms with Crippen molar-refractivity contribution >= 4 is 41.9 Å². The highest BCUT2D eigenvalue weighted by molar-refractivity contribution is 7.98. The summed E-state index contributed by atoms with van der Waals surface area (Å²) < 4.78 is 0. The largest absolute Gasteiger partial charge is 0.352 e. The number of hydrogen-bond donors (Lipinski definition) is 2. The van der Waals surface area contributed by atoms with Crippen LogP contribution < -0.4 is 5.32 Å². The molecule has 0 aliphatic rings. The van der Waals surface area contributed by atoms with E-state index in [9.17, 15) is 4.79 Å². The third kappa shape index (κ3) is 4.28. The number of rotatable bonds is 5. The molecule has 0 radical (unpaired) electrons. The Hall–Kier alpha value is -0.320. The van der Waals surface area contributed by atoms with Gasteiger partial charge in [0.1, 0.15) is 0 Å². The van der Waals surface area contributed by atoms with Gasteiger partial charge in [0.2, 0.25) is 0 Å². The number of halogens is 1. The fourth-order valence-corrected chi connectivity index (χ4v) is 2.04. The molecule has 1 aromatic rings. The van der Waals surface area contributed by atoms with Crippen LogP contribution in [0.3, 0.4) is 0 Å². The summed E-state index contributed by atoms with van der Waals surface area (Å²) in [6.45, 7) is 0.673. The van der Waals surface area contributed by atoms with Crippen LogP contribution in [0.25, 0.3) is 0 Å². The van der Waals surface area contributed by atoms with Gasteiger partial charge >= 0.3 is 0 Å². The summed E-state index contributed by atoms with van der Waals surface area (Å²) in [5.41, 5.74) is 0.485. The molecular weight excluding hydrogens is 262 g/mol. The fraction of sp³-hybridized carbons (Fsp3) is 0.364. The first-order valence-corrected chi connectivity index (χ1v) is 7.12. The van der Waals surface area contributed by atoms with E-state index >= 15 is 0 Å². The van der Waals surface area contributed by atoms with Gasteiger partial charge in [0.15, 0.2) is 0 Å². The predicted molar refractivity (Wildman–Crippen MR) is 74.0 cm³/mol. The molecule has 1 rings (SSSR count). The number of benzene rings is 1. The molecule has 0 atom stereocenters. The molecule has 5 heteroatoms. The van der Waals surface area contributed by atoms with E-state index in [1.165, 1.54) is 0 Å². The molecule has 0 saturated heterocycles. The number of carbonyl (C=O) groups excluding carboxylic acids is 1. The Kier molecular flexibility index (Phi) is 6.09. The molecule has 1 N–H and O–H groups in total. The molecule has 0 aromatic heterocycles. The van der Waals surface area contributed by atoms with E-state index in [0.717, 1.165) is 17.1 Å². The number of thioether (sulfide) groups is 1. The van der Waals surface area contributed by atoms with E-state index in [-0.39, 0.29) is 5.91 Å². The molecule has 0 bridgehead atoms. The number of thiol groups is 1. The van der Waals surface area contributed by atoms with E-state index in [4.69, 9.17) is 11.6 Å². The lowest BCUT2D eigenvalue weighted by molar-refractivity contribution is 0.0953. The second kappa shape index (κ2) is 7.09. The molecule has 0 saturated carbocycles. The van der Waals surface area contributed by atoms with Gasteiger partial charge < -0.3 is 5.32 Å². The highest BCUT2D eigenvalue weighted by Crippen LogP contribution is 2.19. The minimum Gasteiger partial charge on any atom is -0.352 e. The van der Waals surface area contributed by atoms with Gasteiger partial charge in [0.05, 0.1) is 10.6 Å². The summed E-state index contributed by atoms with van der Waals surface area (Å²) >= 11 is 11.9. The van der Waals surface area contributed by atoms with Crippen molar-refractivity contribution in [1.82, 2.24) is 5.32 Å². The lowest BCUT2D eigenvalue weighted by Gasteiger charge is -2.06. The topological polar surface area (TPSA) is 29.1 Å². The Bertz CT molecular complexity index is 371. The van der Waals surface area contributed by atoms with Crippen molar-refractivity contribution in [2.75, 3.05) is 18.6 Å². The van der Waals surface area contributed by atoms with Gasteiger partial charge in [0, 0.05) is 11.4 Å². The zero-order valence-electron chi connectivity index (χ0n) is 9.00. The lowest BCUT2D eigenvalue weighted by atomic mass is 10.2. The van der Waals surface area contributed by atoms with Gasteiger partial charge in [-0.25, -0.2) is 0 Å². The molecule has 16 heavy (non-hydrogen) atoms. The quantitative estimate of drug-likeness (QED) is 0.639. The first kappa shape index (κ1) is 13.7. The van der Waals surface area contributed by atoms with Crippen LogP contribution >= 0.6 is 36.0 Å². The van der Waals surface area contributed by atoms with Gasteiger partial charge in [-0.15, -0.1) is 12.6 Å². The molecule has 0 aliphatic heterocycles. The molecule has 0 aliphatic carbocycles. The van der Waals surface area contributed by atoms with E-state index in [0.29, 0.717) is 17.1 Å². The Morgan fingerprint density at radius 1 is 1.56 bits per heavy atom. The van der Waals surface area contributed by atoms with Crippen LogP contribution in [0.2, 0.25) is 5.02 Å². The van der Waals surface area contributed by atoms with Crippen molar-refractivity contribution in [2.24, 2.45) is 0 Å².